The topological polar surface area (TPSA) is 85.2 Å². The van der Waals surface area contributed by atoms with E-state index >= 15 is 0 Å². The molecule has 0 atom stereocenters. The fourth-order valence-electron chi connectivity index (χ4n) is 0.888. The van der Waals surface area contributed by atoms with Crippen LogP contribution in [0.4, 0.5) is 0 Å². The first-order chi connectivity index (χ1) is 8.72. The summed E-state index contributed by atoms with van der Waals surface area (Å²) in [5, 5.41) is 16.5. The van der Waals surface area contributed by atoms with Crippen molar-refractivity contribution in [2.24, 2.45) is 0 Å². The number of esters is 1. The van der Waals surface area contributed by atoms with Crippen LogP contribution in [-0.4, -0.2) is 62.4 Å². The van der Waals surface area contributed by atoms with Gasteiger partial charge in [-0.15, -0.1) is 0 Å². The number of ether oxygens (including phenoxy) is 3. The first-order valence-corrected chi connectivity index (χ1v) is 6.25. The quantitative estimate of drug-likeness (QED) is 0.438. The zero-order chi connectivity index (χ0) is 14.1. The van der Waals surface area contributed by atoms with Crippen LogP contribution in [0, 0.1) is 0 Å². The Labute approximate surface area is 109 Å². The van der Waals surface area contributed by atoms with E-state index < -0.39 is 0 Å². The van der Waals surface area contributed by atoms with Gasteiger partial charge in [-0.1, -0.05) is 6.92 Å². The lowest BCUT2D eigenvalue weighted by atomic mass is 10.3. The van der Waals surface area contributed by atoms with Gasteiger partial charge in [0.25, 0.3) is 0 Å². The second kappa shape index (κ2) is 18.7. The Hall–Kier alpha value is -0.690. The molecule has 0 amide bonds. The lowest BCUT2D eigenvalue weighted by molar-refractivity contribution is -0.143. The summed E-state index contributed by atoms with van der Waals surface area (Å²) >= 11 is 0. The maximum absolute atomic E-state index is 10.4. The van der Waals surface area contributed by atoms with Crippen molar-refractivity contribution in [2.45, 2.75) is 26.7 Å². The minimum Gasteiger partial charge on any atom is -0.466 e. The second-order valence-corrected chi connectivity index (χ2v) is 3.23. The van der Waals surface area contributed by atoms with Crippen molar-refractivity contribution in [3.05, 3.63) is 0 Å². The van der Waals surface area contributed by atoms with Gasteiger partial charge in [0.15, 0.2) is 0 Å². The summed E-state index contributed by atoms with van der Waals surface area (Å²) in [5.74, 6) is -0.0880. The van der Waals surface area contributed by atoms with Gasteiger partial charge in [-0.25, -0.2) is 0 Å². The van der Waals surface area contributed by atoms with E-state index in [0.29, 0.717) is 39.5 Å². The molecule has 0 aromatic rings. The molecule has 0 aliphatic carbocycles. The summed E-state index contributed by atoms with van der Waals surface area (Å²) in [6.45, 7) is 6.00. The van der Waals surface area contributed by atoms with E-state index in [1.54, 1.807) is 0 Å². The maximum Gasteiger partial charge on any atom is 0.305 e. The number of carbonyl (C=O) groups is 1. The Morgan fingerprint density at radius 3 is 1.78 bits per heavy atom. The second-order valence-electron chi connectivity index (χ2n) is 3.23. The van der Waals surface area contributed by atoms with E-state index in [0.717, 1.165) is 6.42 Å². The molecule has 0 rings (SSSR count). The van der Waals surface area contributed by atoms with Crippen LogP contribution in [0.3, 0.4) is 0 Å². The largest absolute Gasteiger partial charge is 0.466 e. The van der Waals surface area contributed by atoms with Crippen molar-refractivity contribution in [1.29, 1.82) is 0 Å². The first kappa shape index (κ1) is 19.6. The van der Waals surface area contributed by atoms with Gasteiger partial charge in [0.2, 0.25) is 0 Å². The molecule has 0 aromatic heterocycles. The molecule has 110 valence electrons. The molecule has 0 bridgehead atoms. The smallest absolute Gasteiger partial charge is 0.305 e. The fourth-order valence-corrected chi connectivity index (χ4v) is 0.888. The van der Waals surface area contributed by atoms with Crippen LogP contribution in [0.1, 0.15) is 26.7 Å². The molecule has 18 heavy (non-hydrogen) atoms. The Bertz CT molecular complexity index is 147. The van der Waals surface area contributed by atoms with Gasteiger partial charge in [0.1, 0.15) is 0 Å². The predicted molar refractivity (Wildman–Crippen MR) is 67.4 cm³/mol. The number of carbonyl (C=O) groups excluding carboxylic acids is 1. The highest BCUT2D eigenvalue weighted by atomic mass is 16.5. The van der Waals surface area contributed by atoms with Gasteiger partial charge in [0.05, 0.1) is 46.2 Å². The highest BCUT2D eigenvalue weighted by Gasteiger charge is 1.95. The minimum atomic E-state index is -0.0880. The van der Waals surface area contributed by atoms with Crippen molar-refractivity contribution >= 4 is 5.97 Å². The van der Waals surface area contributed by atoms with Crippen molar-refractivity contribution in [3.8, 4) is 0 Å². The van der Waals surface area contributed by atoms with E-state index in [1.165, 1.54) is 0 Å². The van der Waals surface area contributed by atoms with Crippen molar-refractivity contribution < 1.29 is 29.2 Å². The third kappa shape index (κ3) is 20.7. The molecule has 0 saturated carbocycles. The van der Waals surface area contributed by atoms with Gasteiger partial charge in [0, 0.05) is 6.42 Å². The fraction of sp³-hybridized carbons (Fsp3) is 0.917. The summed E-state index contributed by atoms with van der Waals surface area (Å²) in [7, 11) is 0. The van der Waals surface area contributed by atoms with Crippen molar-refractivity contribution in [3.63, 3.8) is 0 Å². The lowest BCUT2D eigenvalue weighted by Crippen LogP contribution is -2.09. The summed E-state index contributed by atoms with van der Waals surface area (Å²) in [6, 6.07) is 0. The molecule has 6 nitrogen and oxygen atoms in total. The molecule has 0 aliphatic rings. The van der Waals surface area contributed by atoms with E-state index in [-0.39, 0.29) is 19.2 Å². The van der Waals surface area contributed by atoms with Crippen LogP contribution in [0.25, 0.3) is 0 Å². The van der Waals surface area contributed by atoms with Crippen LogP contribution < -0.4 is 0 Å². The zero-order valence-electron chi connectivity index (χ0n) is 11.4. The first-order valence-electron chi connectivity index (χ1n) is 6.25. The van der Waals surface area contributed by atoms with Crippen molar-refractivity contribution in [2.75, 3.05) is 46.2 Å². The zero-order valence-corrected chi connectivity index (χ0v) is 11.4. The molecule has 0 unspecified atom stereocenters. The van der Waals surface area contributed by atoms with Gasteiger partial charge < -0.3 is 24.4 Å². The predicted octanol–water partition coefficient (Wildman–Crippen LogP) is 0.354. The van der Waals surface area contributed by atoms with Gasteiger partial charge in [-0.05, 0) is 13.3 Å². The van der Waals surface area contributed by atoms with E-state index in [9.17, 15) is 4.79 Å². The normalized spacial score (nSPS) is 9.56. The molecule has 0 radical (unpaired) electrons. The summed E-state index contributed by atoms with van der Waals surface area (Å²) in [5.41, 5.74) is 0. The summed E-state index contributed by atoms with van der Waals surface area (Å²) in [6.07, 6.45) is 1.42. The Morgan fingerprint density at radius 2 is 1.44 bits per heavy atom. The van der Waals surface area contributed by atoms with Gasteiger partial charge >= 0.3 is 5.97 Å². The monoisotopic (exact) mass is 266 g/mol. The molecule has 0 heterocycles. The number of hydrogen-bond acceptors (Lipinski definition) is 6. The number of hydrogen-bond donors (Lipinski definition) is 2. The van der Waals surface area contributed by atoms with E-state index in [2.05, 4.69) is 4.74 Å². The molecule has 0 spiro atoms. The molecule has 0 aliphatic heterocycles. The molecular formula is C12H26O6. The van der Waals surface area contributed by atoms with E-state index in [4.69, 9.17) is 19.7 Å². The minimum absolute atomic E-state index is 0.0417. The Morgan fingerprint density at radius 1 is 0.944 bits per heavy atom. The standard InChI is InChI=1S/C6H14O4.C6H12O2/c7-1-3-9-5-6-10-4-2-8;1-3-5-6(7)8-4-2/h7-8H,1-6H2;3-5H2,1-2H3. The average molecular weight is 266 g/mol. The Balaban J connectivity index is 0. The molecule has 6 heteroatoms. The highest BCUT2D eigenvalue weighted by molar-refractivity contribution is 5.69. The lowest BCUT2D eigenvalue weighted by Gasteiger charge is -2.01. The number of rotatable bonds is 10. The SMILES string of the molecule is CCCC(=O)OCC.OCCOCCOCCO. The molecule has 0 aromatic carbocycles. The van der Waals surface area contributed by atoms with Crippen molar-refractivity contribution in [1.82, 2.24) is 0 Å². The van der Waals surface area contributed by atoms with Gasteiger partial charge in [-0.3, -0.25) is 4.79 Å². The summed E-state index contributed by atoms with van der Waals surface area (Å²) in [4.78, 5) is 10.4. The summed E-state index contributed by atoms with van der Waals surface area (Å²) < 4.78 is 14.4. The third-order valence-electron chi connectivity index (χ3n) is 1.60. The van der Waals surface area contributed by atoms with Crippen LogP contribution in [0.2, 0.25) is 0 Å². The van der Waals surface area contributed by atoms with Crippen LogP contribution >= 0.6 is 0 Å². The third-order valence-corrected chi connectivity index (χ3v) is 1.60. The van der Waals surface area contributed by atoms with E-state index in [1.807, 2.05) is 13.8 Å². The molecular weight excluding hydrogens is 240 g/mol. The van der Waals surface area contributed by atoms with Gasteiger partial charge in [-0.2, -0.15) is 0 Å². The van der Waals surface area contributed by atoms with Crippen LogP contribution in [-0.2, 0) is 19.0 Å². The number of aliphatic hydroxyl groups is 2. The molecule has 0 fully saturated rings. The maximum atomic E-state index is 10.4. The average Bonchev–Trinajstić information content (AvgIpc) is 2.35. The van der Waals surface area contributed by atoms with Crippen LogP contribution in [0.5, 0.6) is 0 Å². The Kier molecular flexibility index (Phi) is 20.4. The van der Waals surface area contributed by atoms with Crippen LogP contribution in [0.15, 0.2) is 0 Å². The highest BCUT2D eigenvalue weighted by Crippen LogP contribution is 1.89. The molecule has 2 N–H and O–H groups in total. The molecule has 0 saturated heterocycles. The number of aliphatic hydroxyl groups excluding tert-OH is 2.